The van der Waals surface area contributed by atoms with Gasteiger partial charge in [0.05, 0.1) is 28.3 Å². The van der Waals surface area contributed by atoms with Crippen LogP contribution < -0.4 is 4.74 Å². The molecule has 3 heterocycles. The van der Waals surface area contributed by atoms with Gasteiger partial charge in [-0.1, -0.05) is 65.8 Å². The third kappa shape index (κ3) is 7.41. The molecule has 4 aromatic rings. The van der Waals surface area contributed by atoms with E-state index in [0.29, 0.717) is 51.7 Å². The molecule has 0 amide bonds. The van der Waals surface area contributed by atoms with Crippen molar-refractivity contribution in [3.63, 3.8) is 0 Å². The average molecular weight is 691 g/mol. The van der Waals surface area contributed by atoms with E-state index in [9.17, 15) is 9.90 Å². The van der Waals surface area contributed by atoms with Crippen LogP contribution >= 0.6 is 23.2 Å². The molecule has 3 aliphatic rings. The molecule has 3 aromatic heterocycles. The Morgan fingerprint density at radius 3 is 2.52 bits per heavy atom. The second-order valence-electron chi connectivity index (χ2n) is 13.7. The quantitative estimate of drug-likeness (QED) is 0.138. The fraction of sp³-hybridized carbons (Fsp3) is 0.474. The second-order valence-corrected chi connectivity index (χ2v) is 14.5. The first-order valence-corrected chi connectivity index (χ1v) is 18.0. The van der Waals surface area contributed by atoms with Crippen LogP contribution in [0.1, 0.15) is 117 Å². The summed E-state index contributed by atoms with van der Waals surface area (Å²) < 4.78 is 18.4. The van der Waals surface area contributed by atoms with Crippen LogP contribution in [0, 0.1) is 5.41 Å². The van der Waals surface area contributed by atoms with Crippen LogP contribution in [-0.2, 0) is 11.3 Å². The van der Waals surface area contributed by atoms with Gasteiger partial charge in [-0.25, -0.2) is 9.78 Å². The number of allylic oxidation sites excluding steroid dienone is 1. The predicted octanol–water partition coefficient (Wildman–Crippen LogP) is 10.4. The van der Waals surface area contributed by atoms with Crippen molar-refractivity contribution in [2.24, 2.45) is 5.41 Å². The molecule has 0 spiro atoms. The zero-order valence-electron chi connectivity index (χ0n) is 27.1. The summed E-state index contributed by atoms with van der Waals surface area (Å²) in [5.41, 5.74) is 4.02. The summed E-state index contributed by atoms with van der Waals surface area (Å²) in [6, 6.07) is 7.59. The Balaban J connectivity index is 1.04. The Kier molecular flexibility index (Phi) is 10.0. The van der Waals surface area contributed by atoms with Gasteiger partial charge in [-0.3, -0.25) is 4.98 Å². The van der Waals surface area contributed by atoms with Crippen molar-refractivity contribution in [3.8, 4) is 17.0 Å². The first kappa shape index (κ1) is 33.1. The maximum Gasteiger partial charge on any atom is 0.354 e. The average Bonchev–Trinajstić information content (AvgIpc) is 3.64. The minimum atomic E-state index is -1.05. The van der Waals surface area contributed by atoms with E-state index in [0.717, 1.165) is 86.5 Å². The van der Waals surface area contributed by atoms with Crippen LogP contribution in [0.2, 0.25) is 10.0 Å². The molecule has 1 N–H and O–H groups in total. The monoisotopic (exact) mass is 689 g/mol. The number of ether oxygens (including phenoxy) is 2. The van der Waals surface area contributed by atoms with Crippen molar-refractivity contribution in [2.75, 3.05) is 6.61 Å². The molecule has 0 atom stereocenters. The van der Waals surface area contributed by atoms with Crippen molar-refractivity contribution >= 4 is 46.2 Å². The molecule has 0 radical (unpaired) electrons. The Bertz CT molecular complexity index is 1790. The van der Waals surface area contributed by atoms with Gasteiger partial charge < -0.3 is 19.1 Å². The number of carboxylic acids is 1. The number of hydrogen-bond donors (Lipinski definition) is 1. The molecule has 0 aliphatic heterocycles. The first-order valence-electron chi connectivity index (χ1n) is 17.3. The van der Waals surface area contributed by atoms with E-state index >= 15 is 0 Å². The molecule has 3 saturated carbocycles. The highest BCUT2D eigenvalue weighted by Crippen LogP contribution is 2.46. The molecule has 0 unspecified atom stereocenters. The molecule has 3 aliphatic carbocycles. The molecule has 1 aromatic carbocycles. The first-order chi connectivity index (χ1) is 23.4. The maximum atomic E-state index is 11.8. The van der Waals surface area contributed by atoms with Gasteiger partial charge >= 0.3 is 5.97 Å². The lowest BCUT2D eigenvalue weighted by Crippen LogP contribution is -2.22. The number of benzene rings is 1. The highest BCUT2D eigenvalue weighted by Gasteiger charge is 2.34. The Hall–Kier alpha value is -3.46. The summed E-state index contributed by atoms with van der Waals surface area (Å²) in [5, 5.41) is 15.8. The van der Waals surface area contributed by atoms with Crippen LogP contribution in [-0.4, -0.2) is 38.9 Å². The summed E-state index contributed by atoms with van der Waals surface area (Å²) in [7, 11) is 0. The highest BCUT2D eigenvalue weighted by atomic mass is 35.5. The summed E-state index contributed by atoms with van der Waals surface area (Å²) in [6.07, 6.45) is 22.3. The third-order valence-electron chi connectivity index (χ3n) is 10.2. The van der Waals surface area contributed by atoms with Gasteiger partial charge in [-0.05, 0) is 87.3 Å². The summed E-state index contributed by atoms with van der Waals surface area (Å²) >= 11 is 13.0. The highest BCUT2D eigenvalue weighted by molar-refractivity contribution is 6.38. The van der Waals surface area contributed by atoms with E-state index in [2.05, 4.69) is 33.3 Å². The van der Waals surface area contributed by atoms with Crippen molar-refractivity contribution < 1.29 is 23.9 Å². The fourth-order valence-corrected chi connectivity index (χ4v) is 7.94. The lowest BCUT2D eigenvalue weighted by atomic mass is 9.71. The minimum absolute atomic E-state index is 0.0103. The molecule has 48 heavy (non-hydrogen) atoms. The Labute approximate surface area is 290 Å². The normalized spacial score (nSPS) is 18.2. The van der Waals surface area contributed by atoms with Crippen LogP contribution in [0.15, 0.2) is 47.3 Å². The van der Waals surface area contributed by atoms with Gasteiger partial charge in [0.2, 0.25) is 0 Å². The maximum absolute atomic E-state index is 11.8. The van der Waals surface area contributed by atoms with Crippen LogP contribution in [0.5, 0.6) is 5.75 Å². The smallest absolute Gasteiger partial charge is 0.354 e. The lowest BCUT2D eigenvalue weighted by molar-refractivity contribution is 0.0690. The SMILES string of the molecule is O=C(O)c1cc(OC2CCCC2)c2cc(/C=C/C3(CCCOCc4c(-c5c(Cl)cncc5Cl)noc4C4CC4)CCCCC3)ccc2n1. The van der Waals surface area contributed by atoms with Gasteiger partial charge in [0.1, 0.15) is 17.2 Å². The lowest BCUT2D eigenvalue weighted by Gasteiger charge is -2.35. The third-order valence-corrected chi connectivity index (χ3v) is 10.7. The number of carboxylic acid groups (broad SMARTS) is 1. The predicted molar refractivity (Wildman–Crippen MR) is 187 cm³/mol. The molecule has 3 fully saturated rings. The van der Waals surface area contributed by atoms with E-state index < -0.39 is 5.97 Å². The number of carbonyl (C=O) groups is 1. The topological polar surface area (TPSA) is 108 Å². The van der Waals surface area contributed by atoms with Crippen LogP contribution in [0.25, 0.3) is 28.2 Å². The number of hydrogen-bond acceptors (Lipinski definition) is 7. The number of pyridine rings is 2. The van der Waals surface area contributed by atoms with E-state index in [1.807, 2.05) is 12.1 Å². The van der Waals surface area contributed by atoms with E-state index in [1.54, 1.807) is 18.5 Å². The fourth-order valence-electron chi connectivity index (χ4n) is 7.40. The molecule has 7 rings (SSSR count). The molecule has 0 bridgehead atoms. The van der Waals surface area contributed by atoms with Crippen molar-refractivity contribution in [1.29, 1.82) is 0 Å². The molecular weight excluding hydrogens is 649 g/mol. The van der Waals surface area contributed by atoms with E-state index in [-0.39, 0.29) is 17.2 Å². The van der Waals surface area contributed by atoms with E-state index in [1.165, 1.54) is 19.3 Å². The van der Waals surface area contributed by atoms with Gasteiger partial charge in [0.15, 0.2) is 5.69 Å². The number of aromatic carboxylic acids is 1. The van der Waals surface area contributed by atoms with Gasteiger partial charge in [-0.15, -0.1) is 0 Å². The zero-order chi connectivity index (χ0) is 33.1. The number of fused-ring (bicyclic) bond motifs is 1. The zero-order valence-corrected chi connectivity index (χ0v) is 28.6. The van der Waals surface area contributed by atoms with Crippen LogP contribution in [0.3, 0.4) is 0 Å². The molecule has 10 heteroatoms. The number of nitrogens with zero attached hydrogens (tertiary/aromatic N) is 3. The molecular formula is C38H41Cl2N3O5. The number of halogens is 2. The Morgan fingerprint density at radius 2 is 1.79 bits per heavy atom. The standard InChI is InChI=1S/C38H41Cl2N3O5/c39-29-21-41-22-30(40)34(29)35-28(36(48-43-35)25-10-11-25)23-46-18-6-16-38(14-4-1-5-15-38)17-13-24-9-12-31-27(19-24)33(20-32(42-31)37(44)45)47-26-7-2-3-8-26/h9,12-13,17,19-22,25-26H,1-8,10-11,14-16,18,23H2,(H,44,45)/b17-13+. The molecule has 0 saturated heterocycles. The second kappa shape index (κ2) is 14.6. The van der Waals surface area contributed by atoms with E-state index in [4.69, 9.17) is 37.2 Å². The summed E-state index contributed by atoms with van der Waals surface area (Å²) in [5.74, 6) is 0.809. The van der Waals surface area contributed by atoms with Crippen molar-refractivity contribution in [2.45, 2.75) is 102 Å². The van der Waals surface area contributed by atoms with Gasteiger partial charge in [-0.2, -0.15) is 0 Å². The van der Waals surface area contributed by atoms with Gasteiger partial charge in [0, 0.05) is 47.5 Å². The summed E-state index contributed by atoms with van der Waals surface area (Å²) in [4.78, 5) is 20.3. The minimum Gasteiger partial charge on any atom is -0.490 e. The molecule has 8 nitrogen and oxygen atoms in total. The van der Waals surface area contributed by atoms with Crippen LogP contribution in [0.4, 0.5) is 0 Å². The van der Waals surface area contributed by atoms with Gasteiger partial charge in [0.25, 0.3) is 0 Å². The largest absolute Gasteiger partial charge is 0.490 e. The number of rotatable bonds is 13. The summed E-state index contributed by atoms with van der Waals surface area (Å²) in [6.45, 7) is 1.01. The number of aromatic nitrogens is 3. The Morgan fingerprint density at radius 1 is 1.02 bits per heavy atom. The van der Waals surface area contributed by atoms with Crippen molar-refractivity contribution in [3.05, 3.63) is 75.4 Å². The van der Waals surface area contributed by atoms with Crippen molar-refractivity contribution in [1.82, 2.24) is 15.1 Å². The molecule has 252 valence electrons.